The van der Waals surface area contributed by atoms with Crippen molar-refractivity contribution >= 4 is 16.8 Å². The van der Waals surface area contributed by atoms with Crippen molar-refractivity contribution in [2.75, 3.05) is 0 Å². The number of nitro benzene ring substituents is 1. The number of non-ortho nitro benzene ring substituents is 1. The van der Waals surface area contributed by atoms with Crippen LogP contribution < -0.4 is 5.76 Å². The monoisotopic (exact) mass is 341 g/mol. The lowest BCUT2D eigenvalue weighted by Crippen LogP contribution is -2.18. The second kappa shape index (κ2) is 5.01. The lowest BCUT2D eigenvalue weighted by Gasteiger charge is -2.08. The van der Waals surface area contributed by atoms with Crippen LogP contribution in [0.15, 0.2) is 27.4 Å². The van der Waals surface area contributed by atoms with Gasteiger partial charge in [0.15, 0.2) is 11.4 Å². The zero-order chi connectivity index (χ0) is 17.1. The number of nitrogens with zero attached hydrogens (tertiary/aromatic N) is 5. The molecule has 2 aromatic heterocycles. The van der Waals surface area contributed by atoms with Crippen LogP contribution in [0.25, 0.3) is 11.1 Å². The van der Waals surface area contributed by atoms with Gasteiger partial charge in [0, 0.05) is 18.0 Å². The molecule has 0 atom stereocenters. The minimum absolute atomic E-state index is 0.106. The Morgan fingerprint density at radius 1 is 1.24 bits per heavy atom. The largest absolute Gasteiger partial charge is 0.420 e. The number of rotatable bonds is 5. The maximum absolute atomic E-state index is 12.2. The third-order valence-corrected chi connectivity index (χ3v) is 4.81. The topological polar surface area (TPSA) is 109 Å². The van der Waals surface area contributed by atoms with Gasteiger partial charge in [-0.15, -0.1) is 10.2 Å². The van der Waals surface area contributed by atoms with Gasteiger partial charge in [0.1, 0.15) is 5.82 Å². The second-order valence-corrected chi connectivity index (χ2v) is 6.71. The summed E-state index contributed by atoms with van der Waals surface area (Å²) in [4.78, 5) is 22.6. The molecule has 9 nitrogen and oxygen atoms in total. The Morgan fingerprint density at radius 3 is 2.72 bits per heavy atom. The van der Waals surface area contributed by atoms with Crippen LogP contribution in [0.2, 0.25) is 0 Å². The highest BCUT2D eigenvalue weighted by atomic mass is 16.6. The quantitative estimate of drug-likeness (QED) is 0.520. The molecule has 25 heavy (non-hydrogen) atoms. The van der Waals surface area contributed by atoms with E-state index >= 15 is 0 Å². The van der Waals surface area contributed by atoms with Crippen molar-refractivity contribution in [3.63, 3.8) is 0 Å². The highest BCUT2D eigenvalue weighted by Crippen LogP contribution is 2.44. The Hall–Kier alpha value is -2.97. The van der Waals surface area contributed by atoms with Crippen molar-refractivity contribution in [3.8, 4) is 0 Å². The summed E-state index contributed by atoms with van der Waals surface area (Å²) in [5, 5.41) is 19.5. The summed E-state index contributed by atoms with van der Waals surface area (Å²) in [6.07, 6.45) is 4.50. The predicted octanol–water partition coefficient (Wildman–Crippen LogP) is 2.35. The average Bonchev–Trinajstić information content (AvgIpc) is 3.51. The molecular formula is C16H15N5O4. The molecule has 1 aromatic carbocycles. The molecule has 0 saturated heterocycles. The predicted molar refractivity (Wildman–Crippen MR) is 86.5 cm³/mol. The summed E-state index contributed by atoms with van der Waals surface area (Å²) in [6.45, 7) is 0.250. The first-order valence-corrected chi connectivity index (χ1v) is 8.33. The van der Waals surface area contributed by atoms with E-state index in [4.69, 9.17) is 4.42 Å². The smallest absolute Gasteiger partial charge is 0.407 e. The van der Waals surface area contributed by atoms with Gasteiger partial charge in [0.25, 0.3) is 5.69 Å². The zero-order valence-electron chi connectivity index (χ0n) is 13.3. The van der Waals surface area contributed by atoms with Gasteiger partial charge in [-0.25, -0.2) is 4.79 Å². The van der Waals surface area contributed by atoms with Gasteiger partial charge in [-0.2, -0.15) is 0 Å². The van der Waals surface area contributed by atoms with Gasteiger partial charge >= 0.3 is 5.76 Å². The number of hydrogen-bond acceptors (Lipinski definition) is 6. The van der Waals surface area contributed by atoms with E-state index in [-0.39, 0.29) is 17.8 Å². The van der Waals surface area contributed by atoms with Crippen LogP contribution in [0.3, 0.4) is 0 Å². The van der Waals surface area contributed by atoms with Crippen LogP contribution >= 0.6 is 0 Å². The standard InChI is InChI=1S/C16H15N5O4/c22-16-19(12-6-5-11(21(23)24)7-13(12)25-16)8-14-17-18-15(9-1-2-9)20(14)10-3-4-10/h5-7,9-10H,1-4,8H2. The summed E-state index contributed by atoms with van der Waals surface area (Å²) in [5.41, 5.74) is 0.624. The van der Waals surface area contributed by atoms with Crippen LogP contribution in [0.1, 0.15) is 49.3 Å². The van der Waals surface area contributed by atoms with Crippen molar-refractivity contribution in [1.82, 2.24) is 19.3 Å². The SMILES string of the molecule is O=c1oc2cc([N+](=O)[O-])ccc2n1Cc1nnc(C2CC2)n1C1CC1. The highest BCUT2D eigenvalue weighted by molar-refractivity contribution is 5.75. The first-order valence-electron chi connectivity index (χ1n) is 8.33. The number of hydrogen-bond donors (Lipinski definition) is 0. The van der Waals surface area contributed by atoms with Gasteiger partial charge in [-0.1, -0.05) is 0 Å². The third-order valence-electron chi connectivity index (χ3n) is 4.81. The van der Waals surface area contributed by atoms with Gasteiger partial charge < -0.3 is 8.98 Å². The molecular weight excluding hydrogens is 326 g/mol. The van der Waals surface area contributed by atoms with Crippen LogP contribution in [-0.4, -0.2) is 24.3 Å². The van der Waals surface area contributed by atoms with Gasteiger partial charge in [0.05, 0.1) is 23.1 Å². The van der Waals surface area contributed by atoms with E-state index in [2.05, 4.69) is 14.8 Å². The first kappa shape index (κ1) is 14.4. The molecule has 2 aliphatic carbocycles. The molecule has 2 aliphatic rings. The van der Waals surface area contributed by atoms with Crippen molar-refractivity contribution in [2.45, 2.75) is 44.2 Å². The molecule has 2 heterocycles. The molecule has 0 spiro atoms. The summed E-state index contributed by atoms with van der Waals surface area (Å²) in [7, 11) is 0. The van der Waals surface area contributed by atoms with Gasteiger partial charge in [-0.3, -0.25) is 14.7 Å². The molecule has 0 N–H and O–H groups in total. The van der Waals surface area contributed by atoms with Crippen LogP contribution in [0, 0.1) is 10.1 Å². The van der Waals surface area contributed by atoms with Crippen molar-refractivity contribution in [2.24, 2.45) is 0 Å². The number of nitro groups is 1. The molecule has 128 valence electrons. The second-order valence-electron chi connectivity index (χ2n) is 6.71. The Kier molecular flexibility index (Phi) is 2.88. The third kappa shape index (κ3) is 2.34. The molecule has 0 aliphatic heterocycles. The van der Waals surface area contributed by atoms with Crippen molar-refractivity contribution in [3.05, 3.63) is 50.5 Å². The van der Waals surface area contributed by atoms with E-state index in [0.29, 0.717) is 17.5 Å². The van der Waals surface area contributed by atoms with Crippen LogP contribution in [0.5, 0.6) is 0 Å². The first-order chi connectivity index (χ1) is 12.1. The Balaban J connectivity index is 1.57. The summed E-state index contributed by atoms with van der Waals surface area (Å²) < 4.78 is 8.82. The fourth-order valence-corrected chi connectivity index (χ4v) is 3.26. The molecule has 0 radical (unpaired) electrons. The minimum Gasteiger partial charge on any atom is -0.407 e. The Labute approximate surface area is 141 Å². The van der Waals surface area contributed by atoms with E-state index in [1.165, 1.54) is 22.8 Å². The fraction of sp³-hybridized carbons (Fsp3) is 0.438. The minimum atomic E-state index is -0.547. The number of oxazole rings is 1. The van der Waals surface area contributed by atoms with E-state index in [1.807, 2.05) is 0 Å². The summed E-state index contributed by atoms with van der Waals surface area (Å²) >= 11 is 0. The average molecular weight is 341 g/mol. The summed E-state index contributed by atoms with van der Waals surface area (Å²) in [5.74, 6) is 1.71. The highest BCUT2D eigenvalue weighted by Gasteiger charge is 2.36. The van der Waals surface area contributed by atoms with E-state index < -0.39 is 10.7 Å². The Bertz CT molecular complexity index is 1050. The van der Waals surface area contributed by atoms with Gasteiger partial charge in [0.2, 0.25) is 0 Å². The molecule has 3 aromatic rings. The maximum atomic E-state index is 12.2. The number of benzene rings is 1. The van der Waals surface area contributed by atoms with Crippen molar-refractivity contribution < 1.29 is 9.34 Å². The molecule has 0 unspecified atom stereocenters. The lowest BCUT2D eigenvalue weighted by molar-refractivity contribution is -0.384. The maximum Gasteiger partial charge on any atom is 0.420 e. The molecule has 0 bridgehead atoms. The molecule has 5 rings (SSSR count). The van der Waals surface area contributed by atoms with Gasteiger partial charge in [-0.05, 0) is 31.7 Å². The van der Waals surface area contributed by atoms with E-state index in [9.17, 15) is 14.9 Å². The van der Waals surface area contributed by atoms with E-state index in [1.54, 1.807) is 0 Å². The number of fused-ring (bicyclic) bond motifs is 1. The normalized spacial score (nSPS) is 17.3. The fourth-order valence-electron chi connectivity index (χ4n) is 3.26. The lowest BCUT2D eigenvalue weighted by atomic mass is 10.3. The van der Waals surface area contributed by atoms with Crippen molar-refractivity contribution in [1.29, 1.82) is 0 Å². The molecule has 9 heteroatoms. The van der Waals surface area contributed by atoms with Crippen LogP contribution in [-0.2, 0) is 6.54 Å². The summed E-state index contributed by atoms with van der Waals surface area (Å²) in [6, 6.07) is 4.61. The Morgan fingerprint density at radius 2 is 2.04 bits per heavy atom. The molecule has 2 fully saturated rings. The van der Waals surface area contributed by atoms with Crippen LogP contribution in [0.4, 0.5) is 5.69 Å². The molecule has 0 amide bonds. The van der Waals surface area contributed by atoms with E-state index in [0.717, 1.165) is 37.3 Å². The molecule has 2 saturated carbocycles. The zero-order valence-corrected chi connectivity index (χ0v) is 13.3. The number of aromatic nitrogens is 4.